The Morgan fingerprint density at radius 1 is 1.48 bits per heavy atom. The zero-order chi connectivity index (χ0) is 14.7. The first kappa shape index (κ1) is 14.1. The highest BCUT2D eigenvalue weighted by Gasteiger charge is 2.23. The van der Waals surface area contributed by atoms with E-state index in [1.807, 2.05) is 23.9 Å². The highest BCUT2D eigenvalue weighted by molar-refractivity contribution is 7.99. The number of nitrogens with zero attached hydrogens (tertiary/aromatic N) is 3. The number of rotatable bonds is 4. The first-order valence-corrected chi connectivity index (χ1v) is 7.89. The van der Waals surface area contributed by atoms with Crippen LogP contribution in [0.4, 0.5) is 0 Å². The molecule has 0 spiro atoms. The van der Waals surface area contributed by atoms with Crippen LogP contribution in [0, 0.1) is 0 Å². The van der Waals surface area contributed by atoms with E-state index >= 15 is 0 Å². The standard InChI is InChI=1S/C14H17N5OS/c15-6-7-19-9-12(17-18-19)14(20)16-11-5-8-21-13-4-2-1-3-10(11)13/h1-4,9,11H,5-8,15H2,(H,16,20). The van der Waals surface area contributed by atoms with Crippen molar-refractivity contribution in [3.8, 4) is 0 Å². The summed E-state index contributed by atoms with van der Waals surface area (Å²) in [7, 11) is 0. The fourth-order valence-electron chi connectivity index (χ4n) is 2.37. The van der Waals surface area contributed by atoms with E-state index in [9.17, 15) is 4.79 Å². The number of hydrogen-bond acceptors (Lipinski definition) is 5. The fourth-order valence-corrected chi connectivity index (χ4v) is 3.49. The molecule has 1 aliphatic heterocycles. The third kappa shape index (κ3) is 3.08. The molecule has 0 saturated carbocycles. The predicted molar refractivity (Wildman–Crippen MR) is 81.1 cm³/mol. The van der Waals surface area contributed by atoms with Crippen LogP contribution in [-0.2, 0) is 6.54 Å². The molecule has 2 heterocycles. The molecule has 3 rings (SSSR count). The average Bonchev–Trinajstić information content (AvgIpc) is 2.97. The van der Waals surface area contributed by atoms with Crippen LogP contribution < -0.4 is 11.1 Å². The molecule has 6 nitrogen and oxygen atoms in total. The van der Waals surface area contributed by atoms with Gasteiger partial charge in [0, 0.05) is 17.2 Å². The Hall–Kier alpha value is -1.86. The Morgan fingerprint density at radius 2 is 2.33 bits per heavy atom. The maximum absolute atomic E-state index is 12.3. The van der Waals surface area contributed by atoms with Gasteiger partial charge in [-0.05, 0) is 18.1 Å². The molecule has 1 aromatic carbocycles. The molecule has 3 N–H and O–H groups in total. The second-order valence-corrected chi connectivity index (χ2v) is 5.99. The third-order valence-electron chi connectivity index (χ3n) is 3.39. The van der Waals surface area contributed by atoms with Gasteiger partial charge >= 0.3 is 0 Å². The molecule has 1 aromatic heterocycles. The number of thioether (sulfide) groups is 1. The lowest BCUT2D eigenvalue weighted by atomic mass is 10.0. The lowest BCUT2D eigenvalue weighted by Gasteiger charge is -2.25. The Morgan fingerprint density at radius 3 is 3.19 bits per heavy atom. The molecule has 1 amide bonds. The molecular formula is C14H17N5OS. The molecule has 0 saturated heterocycles. The van der Waals surface area contributed by atoms with Crippen LogP contribution in [0.25, 0.3) is 0 Å². The van der Waals surface area contributed by atoms with Crippen molar-refractivity contribution in [2.75, 3.05) is 12.3 Å². The maximum Gasteiger partial charge on any atom is 0.273 e. The molecule has 0 bridgehead atoms. The van der Waals surface area contributed by atoms with Crippen molar-refractivity contribution < 1.29 is 4.79 Å². The summed E-state index contributed by atoms with van der Waals surface area (Å²) in [6.45, 7) is 1.03. The number of benzene rings is 1. The van der Waals surface area contributed by atoms with Crippen LogP contribution in [0.5, 0.6) is 0 Å². The zero-order valence-corrected chi connectivity index (χ0v) is 12.3. The van der Waals surface area contributed by atoms with Crippen molar-refractivity contribution in [2.45, 2.75) is 23.9 Å². The summed E-state index contributed by atoms with van der Waals surface area (Å²) in [5.41, 5.74) is 6.97. The lowest BCUT2D eigenvalue weighted by molar-refractivity contribution is 0.0930. The SMILES string of the molecule is NCCn1cc(C(=O)NC2CCSc3ccccc32)nn1. The Labute approximate surface area is 127 Å². The van der Waals surface area contributed by atoms with Crippen LogP contribution in [0.2, 0.25) is 0 Å². The van der Waals surface area contributed by atoms with Crippen LogP contribution in [0.1, 0.15) is 28.5 Å². The molecule has 7 heteroatoms. The van der Waals surface area contributed by atoms with Crippen molar-refractivity contribution >= 4 is 17.7 Å². The molecule has 2 aromatic rings. The normalized spacial score (nSPS) is 17.3. The summed E-state index contributed by atoms with van der Waals surface area (Å²) in [6, 6.07) is 8.22. The van der Waals surface area contributed by atoms with Crippen LogP contribution in [0.15, 0.2) is 35.4 Å². The number of nitrogens with two attached hydrogens (primary N) is 1. The van der Waals surface area contributed by atoms with Crippen LogP contribution in [-0.4, -0.2) is 33.2 Å². The minimum atomic E-state index is -0.190. The lowest BCUT2D eigenvalue weighted by Crippen LogP contribution is -2.30. The van der Waals surface area contributed by atoms with Gasteiger partial charge in [0.15, 0.2) is 5.69 Å². The molecule has 0 radical (unpaired) electrons. The summed E-state index contributed by atoms with van der Waals surface area (Å²) in [4.78, 5) is 13.5. The molecule has 1 atom stereocenters. The van der Waals surface area contributed by atoms with Crippen molar-refractivity contribution in [3.63, 3.8) is 0 Å². The van der Waals surface area contributed by atoms with Gasteiger partial charge in [-0.3, -0.25) is 9.48 Å². The Bertz CT molecular complexity index is 642. The number of aromatic nitrogens is 3. The molecule has 1 unspecified atom stereocenters. The van der Waals surface area contributed by atoms with Crippen molar-refractivity contribution in [1.82, 2.24) is 20.3 Å². The Balaban J connectivity index is 1.73. The second kappa shape index (κ2) is 6.28. The van der Waals surface area contributed by atoms with Gasteiger partial charge in [-0.25, -0.2) is 0 Å². The smallest absolute Gasteiger partial charge is 0.273 e. The number of fused-ring (bicyclic) bond motifs is 1. The van der Waals surface area contributed by atoms with Gasteiger partial charge in [0.25, 0.3) is 5.91 Å². The van der Waals surface area contributed by atoms with Gasteiger partial charge in [-0.2, -0.15) is 0 Å². The van der Waals surface area contributed by atoms with Gasteiger partial charge in [0.1, 0.15) is 0 Å². The number of hydrogen-bond donors (Lipinski definition) is 2. The minimum absolute atomic E-state index is 0.0367. The van der Waals surface area contributed by atoms with Gasteiger partial charge in [-0.15, -0.1) is 16.9 Å². The first-order valence-electron chi connectivity index (χ1n) is 6.90. The largest absolute Gasteiger partial charge is 0.344 e. The molecule has 110 valence electrons. The summed E-state index contributed by atoms with van der Waals surface area (Å²) < 4.78 is 1.58. The summed E-state index contributed by atoms with van der Waals surface area (Å²) in [5.74, 6) is 0.812. The highest BCUT2D eigenvalue weighted by atomic mass is 32.2. The number of carbonyl (C=O) groups is 1. The quantitative estimate of drug-likeness (QED) is 0.886. The van der Waals surface area contributed by atoms with Crippen molar-refractivity contribution in [1.29, 1.82) is 0 Å². The zero-order valence-electron chi connectivity index (χ0n) is 11.5. The van der Waals surface area contributed by atoms with E-state index in [-0.39, 0.29) is 11.9 Å². The van der Waals surface area contributed by atoms with Gasteiger partial charge in [0.05, 0.1) is 18.8 Å². The molecule has 1 aliphatic rings. The number of amides is 1. The first-order chi connectivity index (χ1) is 10.3. The Kier molecular flexibility index (Phi) is 4.21. The van der Waals surface area contributed by atoms with Crippen molar-refractivity contribution in [3.05, 3.63) is 41.7 Å². The highest BCUT2D eigenvalue weighted by Crippen LogP contribution is 2.35. The molecular weight excluding hydrogens is 286 g/mol. The monoisotopic (exact) mass is 303 g/mol. The number of nitrogens with one attached hydrogen (secondary N) is 1. The van der Waals surface area contributed by atoms with Gasteiger partial charge in [0.2, 0.25) is 0 Å². The van der Waals surface area contributed by atoms with E-state index in [0.717, 1.165) is 12.2 Å². The van der Waals surface area contributed by atoms with E-state index < -0.39 is 0 Å². The van der Waals surface area contributed by atoms with E-state index in [1.165, 1.54) is 10.5 Å². The second-order valence-electron chi connectivity index (χ2n) is 4.86. The molecule has 21 heavy (non-hydrogen) atoms. The van der Waals surface area contributed by atoms with E-state index in [4.69, 9.17) is 5.73 Å². The molecule has 0 aliphatic carbocycles. The number of carbonyl (C=O) groups excluding carboxylic acids is 1. The molecule has 0 fully saturated rings. The van der Waals surface area contributed by atoms with Crippen molar-refractivity contribution in [2.24, 2.45) is 5.73 Å². The third-order valence-corrected chi connectivity index (χ3v) is 4.52. The van der Waals surface area contributed by atoms with Gasteiger partial charge < -0.3 is 11.1 Å². The van der Waals surface area contributed by atoms with E-state index in [2.05, 4.69) is 27.8 Å². The van der Waals surface area contributed by atoms with Crippen LogP contribution in [0.3, 0.4) is 0 Å². The van der Waals surface area contributed by atoms with E-state index in [0.29, 0.717) is 18.8 Å². The minimum Gasteiger partial charge on any atom is -0.344 e. The summed E-state index contributed by atoms with van der Waals surface area (Å²) in [5, 5.41) is 10.8. The average molecular weight is 303 g/mol. The van der Waals surface area contributed by atoms with Gasteiger partial charge in [-0.1, -0.05) is 23.4 Å². The summed E-state index contributed by atoms with van der Waals surface area (Å²) in [6.07, 6.45) is 2.55. The van der Waals surface area contributed by atoms with E-state index in [1.54, 1.807) is 10.9 Å². The topological polar surface area (TPSA) is 85.8 Å². The maximum atomic E-state index is 12.3. The fraction of sp³-hybridized carbons (Fsp3) is 0.357. The van der Waals surface area contributed by atoms with Crippen LogP contribution >= 0.6 is 11.8 Å². The predicted octanol–water partition coefficient (Wildman–Crippen LogP) is 1.20. The summed E-state index contributed by atoms with van der Waals surface area (Å²) >= 11 is 1.83.